The number of hydrogen-bond donors (Lipinski definition) is 0. The average molecular weight is 155 g/mol. The molecule has 2 aliphatic rings. The Bertz CT molecular complexity index is 156. The lowest BCUT2D eigenvalue weighted by Crippen LogP contribution is -2.51. The van der Waals surface area contributed by atoms with E-state index in [1.54, 1.807) is 0 Å². The molecule has 2 saturated heterocycles. The van der Waals surface area contributed by atoms with Crippen LogP contribution in [0.3, 0.4) is 0 Å². The molecule has 11 heavy (non-hydrogen) atoms. The van der Waals surface area contributed by atoms with Crippen molar-refractivity contribution in [3.63, 3.8) is 0 Å². The summed E-state index contributed by atoms with van der Waals surface area (Å²) in [5, 5.41) is 0. The lowest BCUT2D eigenvalue weighted by Gasteiger charge is -2.40. The fourth-order valence-corrected chi connectivity index (χ4v) is 2.15. The molecule has 0 N–H and O–H groups in total. The van der Waals surface area contributed by atoms with Gasteiger partial charge in [-0.05, 0) is 33.2 Å². The molecule has 0 aromatic rings. The van der Waals surface area contributed by atoms with Gasteiger partial charge in [-0.3, -0.25) is 4.90 Å². The molecule has 0 aromatic heterocycles. The molecular weight excluding hydrogens is 138 g/mol. The average Bonchev–Trinajstić information content (AvgIpc) is 2.31. The van der Waals surface area contributed by atoms with Crippen molar-refractivity contribution in [1.82, 2.24) is 4.90 Å². The number of hydrogen-bond acceptors (Lipinski definition) is 2. The van der Waals surface area contributed by atoms with E-state index in [9.17, 15) is 0 Å². The van der Waals surface area contributed by atoms with Gasteiger partial charge in [-0.1, -0.05) is 0 Å². The van der Waals surface area contributed by atoms with Gasteiger partial charge >= 0.3 is 0 Å². The predicted octanol–water partition coefficient (Wildman–Crippen LogP) is 1.26. The van der Waals surface area contributed by atoms with Crippen LogP contribution in [-0.4, -0.2) is 36.2 Å². The van der Waals surface area contributed by atoms with E-state index in [0.717, 1.165) is 19.2 Å². The molecule has 0 amide bonds. The van der Waals surface area contributed by atoms with Crippen LogP contribution in [0.5, 0.6) is 0 Å². The maximum Gasteiger partial charge on any atom is 0.0753 e. The van der Waals surface area contributed by atoms with Crippen LogP contribution >= 0.6 is 0 Å². The third kappa shape index (κ3) is 1.42. The first-order chi connectivity index (χ1) is 5.17. The zero-order valence-corrected chi connectivity index (χ0v) is 7.47. The summed E-state index contributed by atoms with van der Waals surface area (Å²) in [5.41, 5.74) is 0.0981. The van der Waals surface area contributed by atoms with Crippen molar-refractivity contribution >= 4 is 0 Å². The lowest BCUT2D eigenvalue weighted by molar-refractivity contribution is -0.102. The number of morpholine rings is 1. The van der Waals surface area contributed by atoms with Crippen molar-refractivity contribution in [2.24, 2.45) is 0 Å². The summed E-state index contributed by atoms with van der Waals surface area (Å²) < 4.78 is 5.74. The number of rotatable bonds is 0. The SMILES string of the molecule is CC1(C)CN2CCCC2CO1. The van der Waals surface area contributed by atoms with Gasteiger partial charge in [0, 0.05) is 12.6 Å². The van der Waals surface area contributed by atoms with Gasteiger partial charge in [-0.25, -0.2) is 0 Å². The van der Waals surface area contributed by atoms with Crippen LogP contribution in [0.15, 0.2) is 0 Å². The maximum absolute atomic E-state index is 5.74. The summed E-state index contributed by atoms with van der Waals surface area (Å²) in [6.45, 7) is 7.73. The molecular formula is C9H17NO. The van der Waals surface area contributed by atoms with Crippen LogP contribution in [-0.2, 0) is 4.74 Å². The zero-order valence-electron chi connectivity index (χ0n) is 7.47. The monoisotopic (exact) mass is 155 g/mol. The van der Waals surface area contributed by atoms with Gasteiger partial charge in [0.15, 0.2) is 0 Å². The highest BCUT2D eigenvalue weighted by Crippen LogP contribution is 2.27. The molecule has 2 rings (SSSR count). The van der Waals surface area contributed by atoms with Gasteiger partial charge in [0.05, 0.1) is 12.2 Å². The first-order valence-electron chi connectivity index (χ1n) is 4.55. The third-order valence-corrected chi connectivity index (χ3v) is 2.75. The second kappa shape index (κ2) is 2.46. The zero-order chi connectivity index (χ0) is 7.90. The normalized spacial score (nSPS) is 37.1. The standard InChI is InChI=1S/C9H17NO/c1-9(2)7-10-5-3-4-8(10)6-11-9/h8H,3-7H2,1-2H3. The van der Waals surface area contributed by atoms with Crippen molar-refractivity contribution in [3.8, 4) is 0 Å². The van der Waals surface area contributed by atoms with E-state index < -0.39 is 0 Å². The predicted molar refractivity (Wildman–Crippen MR) is 44.6 cm³/mol. The Hall–Kier alpha value is -0.0800. The van der Waals surface area contributed by atoms with Crippen LogP contribution in [0.1, 0.15) is 26.7 Å². The summed E-state index contributed by atoms with van der Waals surface area (Å²) in [5.74, 6) is 0. The van der Waals surface area contributed by atoms with Crippen molar-refractivity contribution in [2.45, 2.75) is 38.3 Å². The fourth-order valence-electron chi connectivity index (χ4n) is 2.15. The van der Waals surface area contributed by atoms with E-state index in [0.29, 0.717) is 0 Å². The molecule has 1 unspecified atom stereocenters. The molecule has 0 bridgehead atoms. The maximum atomic E-state index is 5.74. The Balaban J connectivity index is 2.02. The van der Waals surface area contributed by atoms with E-state index in [4.69, 9.17) is 4.74 Å². The smallest absolute Gasteiger partial charge is 0.0753 e. The van der Waals surface area contributed by atoms with Gasteiger partial charge in [0.2, 0.25) is 0 Å². The molecule has 1 atom stereocenters. The minimum Gasteiger partial charge on any atom is -0.373 e. The molecule has 2 aliphatic heterocycles. The van der Waals surface area contributed by atoms with Crippen molar-refractivity contribution in [1.29, 1.82) is 0 Å². The lowest BCUT2D eigenvalue weighted by atomic mass is 10.1. The van der Waals surface area contributed by atoms with Gasteiger partial charge < -0.3 is 4.74 Å². The fraction of sp³-hybridized carbons (Fsp3) is 1.00. The van der Waals surface area contributed by atoms with E-state index in [1.807, 2.05) is 0 Å². The molecule has 0 aromatic carbocycles. The van der Waals surface area contributed by atoms with E-state index in [1.165, 1.54) is 19.4 Å². The quantitative estimate of drug-likeness (QED) is 0.522. The molecule has 0 radical (unpaired) electrons. The molecule has 2 nitrogen and oxygen atoms in total. The Morgan fingerprint density at radius 3 is 3.09 bits per heavy atom. The third-order valence-electron chi connectivity index (χ3n) is 2.75. The van der Waals surface area contributed by atoms with Crippen LogP contribution in [0, 0.1) is 0 Å². The number of nitrogens with zero attached hydrogens (tertiary/aromatic N) is 1. The molecule has 0 aliphatic carbocycles. The summed E-state index contributed by atoms with van der Waals surface area (Å²) in [4.78, 5) is 2.57. The first kappa shape index (κ1) is 7.56. The topological polar surface area (TPSA) is 12.5 Å². The van der Waals surface area contributed by atoms with Crippen LogP contribution < -0.4 is 0 Å². The number of fused-ring (bicyclic) bond motifs is 1. The highest BCUT2D eigenvalue weighted by molar-refractivity contribution is 4.88. The highest BCUT2D eigenvalue weighted by atomic mass is 16.5. The molecule has 2 heteroatoms. The molecule has 2 fully saturated rings. The molecule has 0 saturated carbocycles. The second-order valence-electron chi connectivity index (χ2n) is 4.34. The van der Waals surface area contributed by atoms with E-state index in [2.05, 4.69) is 18.7 Å². The minimum absolute atomic E-state index is 0.0981. The van der Waals surface area contributed by atoms with Crippen LogP contribution in [0.4, 0.5) is 0 Å². The van der Waals surface area contributed by atoms with Gasteiger partial charge in [0.1, 0.15) is 0 Å². The Kier molecular flexibility index (Phi) is 1.69. The van der Waals surface area contributed by atoms with Crippen molar-refractivity contribution in [2.75, 3.05) is 19.7 Å². The molecule has 64 valence electrons. The summed E-state index contributed by atoms with van der Waals surface area (Å²) >= 11 is 0. The summed E-state index contributed by atoms with van der Waals surface area (Å²) in [6.07, 6.45) is 2.71. The van der Waals surface area contributed by atoms with E-state index >= 15 is 0 Å². The highest BCUT2D eigenvalue weighted by Gasteiger charge is 2.35. The van der Waals surface area contributed by atoms with Gasteiger partial charge in [-0.15, -0.1) is 0 Å². The minimum atomic E-state index is 0.0981. The van der Waals surface area contributed by atoms with Gasteiger partial charge in [0.25, 0.3) is 0 Å². The molecule has 2 heterocycles. The largest absolute Gasteiger partial charge is 0.373 e. The van der Waals surface area contributed by atoms with Crippen LogP contribution in [0.25, 0.3) is 0 Å². The van der Waals surface area contributed by atoms with Crippen molar-refractivity contribution < 1.29 is 4.74 Å². The second-order valence-corrected chi connectivity index (χ2v) is 4.34. The summed E-state index contributed by atoms with van der Waals surface area (Å²) in [7, 11) is 0. The van der Waals surface area contributed by atoms with Crippen LogP contribution in [0.2, 0.25) is 0 Å². The number of ether oxygens (including phenoxy) is 1. The molecule has 0 spiro atoms. The van der Waals surface area contributed by atoms with Crippen molar-refractivity contribution in [3.05, 3.63) is 0 Å². The van der Waals surface area contributed by atoms with Gasteiger partial charge in [-0.2, -0.15) is 0 Å². The summed E-state index contributed by atoms with van der Waals surface area (Å²) in [6, 6.07) is 0.739. The Labute approximate surface area is 68.5 Å². The Morgan fingerprint density at radius 1 is 1.45 bits per heavy atom. The Morgan fingerprint density at radius 2 is 2.27 bits per heavy atom. The first-order valence-corrected chi connectivity index (χ1v) is 4.55. The van der Waals surface area contributed by atoms with E-state index in [-0.39, 0.29) is 5.60 Å².